The molecular weight excluding hydrogens is 380 g/mol. The summed E-state index contributed by atoms with van der Waals surface area (Å²) in [5.41, 5.74) is 0.808. The third-order valence-corrected chi connectivity index (χ3v) is 8.70. The molecule has 6 rings (SSSR count). The lowest BCUT2D eigenvalue weighted by Crippen LogP contribution is -2.60. The number of hydrogen-bond donors (Lipinski definition) is 1. The molecule has 1 aromatic rings. The average Bonchev–Trinajstić information content (AvgIpc) is 3.11. The Morgan fingerprint density at radius 2 is 1.76 bits per heavy atom. The summed E-state index contributed by atoms with van der Waals surface area (Å²) < 4.78 is 0. The Hall–Kier alpha value is -1.49. The van der Waals surface area contributed by atoms with Gasteiger partial charge in [-0.25, -0.2) is 0 Å². The van der Waals surface area contributed by atoms with Crippen molar-refractivity contribution in [3.05, 3.63) is 29.8 Å². The lowest BCUT2D eigenvalue weighted by atomic mass is 9.53. The highest BCUT2D eigenvalue weighted by atomic mass is 32.2. The van der Waals surface area contributed by atoms with Gasteiger partial charge in [0.15, 0.2) is 0 Å². The lowest BCUT2D eigenvalue weighted by molar-refractivity contribution is -0.124. The Balaban J connectivity index is 1.22. The maximum atomic E-state index is 13.0. The van der Waals surface area contributed by atoms with Crippen molar-refractivity contribution in [2.45, 2.75) is 62.3 Å². The van der Waals surface area contributed by atoms with Crippen molar-refractivity contribution in [1.82, 2.24) is 10.2 Å². The molecule has 0 radical (unpaired) electrons. The molecule has 1 heterocycles. The third kappa shape index (κ3) is 3.95. The summed E-state index contributed by atoms with van der Waals surface area (Å²) in [6.07, 6.45) is 8.76. The standard InChI is InChI=1S/C24H32N2O2S/c1-16-6-7-26(14-16)23(28)20-4-2-3-5-21(20)29-15-22(27)25-24-11-17-8-18(12-24)10-19(9-17)13-24/h2-5,16-19H,6-15H2,1H3,(H,25,27). The fourth-order valence-corrected chi connectivity index (χ4v) is 7.64. The van der Waals surface area contributed by atoms with Crippen LogP contribution >= 0.6 is 11.8 Å². The minimum Gasteiger partial charge on any atom is -0.350 e. The molecule has 1 saturated heterocycles. The molecule has 4 aliphatic carbocycles. The molecule has 0 aromatic heterocycles. The normalized spacial score (nSPS) is 35.1. The van der Waals surface area contributed by atoms with Gasteiger partial charge in [0.05, 0.1) is 11.3 Å². The smallest absolute Gasteiger partial charge is 0.254 e. The van der Waals surface area contributed by atoms with Crippen LogP contribution in [0.1, 0.15) is 62.2 Å². The summed E-state index contributed by atoms with van der Waals surface area (Å²) in [7, 11) is 0. The number of hydrogen-bond acceptors (Lipinski definition) is 3. The maximum absolute atomic E-state index is 13.0. The highest BCUT2D eigenvalue weighted by Crippen LogP contribution is 2.55. The summed E-state index contributed by atoms with van der Waals surface area (Å²) in [4.78, 5) is 28.7. The van der Waals surface area contributed by atoms with Crippen LogP contribution in [0.3, 0.4) is 0 Å². The number of amides is 2. The lowest BCUT2D eigenvalue weighted by Gasteiger charge is -2.56. The van der Waals surface area contributed by atoms with Crippen molar-refractivity contribution in [2.75, 3.05) is 18.8 Å². The minimum atomic E-state index is 0.0629. The van der Waals surface area contributed by atoms with Crippen molar-refractivity contribution in [3.8, 4) is 0 Å². The number of benzene rings is 1. The van der Waals surface area contributed by atoms with Gasteiger partial charge in [-0.2, -0.15) is 0 Å². The molecule has 4 saturated carbocycles. The number of likely N-dealkylation sites (tertiary alicyclic amines) is 1. The second-order valence-corrected chi connectivity index (χ2v) is 11.2. The molecule has 4 bridgehead atoms. The Bertz CT molecular complexity index is 773. The predicted octanol–water partition coefficient (Wildman–Crippen LogP) is 4.35. The van der Waals surface area contributed by atoms with Gasteiger partial charge in [-0.1, -0.05) is 19.1 Å². The molecule has 1 aliphatic heterocycles. The largest absolute Gasteiger partial charge is 0.350 e. The van der Waals surface area contributed by atoms with E-state index >= 15 is 0 Å². The zero-order valence-corrected chi connectivity index (χ0v) is 18.2. The molecule has 1 unspecified atom stereocenters. The van der Waals surface area contributed by atoms with Gasteiger partial charge < -0.3 is 10.2 Å². The summed E-state index contributed by atoms with van der Waals surface area (Å²) in [5, 5.41) is 3.45. The molecular formula is C24H32N2O2S. The van der Waals surface area contributed by atoms with Crippen molar-refractivity contribution < 1.29 is 9.59 Å². The maximum Gasteiger partial charge on any atom is 0.254 e. The van der Waals surface area contributed by atoms with Crippen LogP contribution in [0.15, 0.2) is 29.2 Å². The zero-order valence-electron chi connectivity index (χ0n) is 17.4. The van der Waals surface area contributed by atoms with Crippen LogP contribution in [0.5, 0.6) is 0 Å². The molecule has 4 nitrogen and oxygen atoms in total. The van der Waals surface area contributed by atoms with Crippen LogP contribution in [-0.4, -0.2) is 41.1 Å². The van der Waals surface area contributed by atoms with E-state index in [1.807, 2.05) is 29.2 Å². The number of carbonyl (C=O) groups is 2. The molecule has 29 heavy (non-hydrogen) atoms. The van der Waals surface area contributed by atoms with Gasteiger partial charge in [-0.15, -0.1) is 11.8 Å². The first-order chi connectivity index (χ1) is 14.0. The molecule has 2 amide bonds. The van der Waals surface area contributed by atoms with E-state index in [1.165, 1.54) is 50.3 Å². The van der Waals surface area contributed by atoms with E-state index in [9.17, 15) is 9.59 Å². The van der Waals surface area contributed by atoms with Crippen LogP contribution in [0.2, 0.25) is 0 Å². The van der Waals surface area contributed by atoms with Crippen molar-refractivity contribution in [2.24, 2.45) is 23.7 Å². The van der Waals surface area contributed by atoms with E-state index in [2.05, 4.69) is 12.2 Å². The van der Waals surface area contributed by atoms with Crippen LogP contribution in [0.25, 0.3) is 0 Å². The van der Waals surface area contributed by atoms with Gasteiger partial charge in [-0.05, 0) is 80.8 Å². The minimum absolute atomic E-state index is 0.0629. The molecule has 156 valence electrons. The van der Waals surface area contributed by atoms with Crippen LogP contribution < -0.4 is 5.32 Å². The van der Waals surface area contributed by atoms with E-state index in [-0.39, 0.29) is 17.4 Å². The number of nitrogens with one attached hydrogen (secondary N) is 1. The Kier molecular flexibility index (Phi) is 5.13. The van der Waals surface area contributed by atoms with Crippen LogP contribution in [0, 0.1) is 23.7 Å². The topological polar surface area (TPSA) is 49.4 Å². The van der Waals surface area contributed by atoms with Crippen molar-refractivity contribution in [1.29, 1.82) is 0 Å². The van der Waals surface area contributed by atoms with E-state index in [1.54, 1.807) is 0 Å². The fourth-order valence-electron chi connectivity index (χ4n) is 6.80. The van der Waals surface area contributed by atoms with E-state index in [4.69, 9.17) is 0 Å². The first-order valence-corrected chi connectivity index (χ1v) is 12.3. The van der Waals surface area contributed by atoms with Crippen LogP contribution in [-0.2, 0) is 4.79 Å². The van der Waals surface area contributed by atoms with Gasteiger partial charge in [0.25, 0.3) is 5.91 Å². The highest BCUT2D eigenvalue weighted by Gasteiger charge is 2.51. The molecule has 0 spiro atoms. The summed E-state index contributed by atoms with van der Waals surface area (Å²) in [6, 6.07) is 7.77. The van der Waals surface area contributed by atoms with Gasteiger partial charge in [0.2, 0.25) is 5.91 Å². The van der Waals surface area contributed by atoms with Crippen LogP contribution in [0.4, 0.5) is 0 Å². The Labute approximate surface area is 178 Å². The molecule has 1 N–H and O–H groups in total. The van der Waals surface area contributed by atoms with Crippen molar-refractivity contribution in [3.63, 3.8) is 0 Å². The summed E-state index contributed by atoms with van der Waals surface area (Å²) >= 11 is 1.51. The number of thioether (sulfide) groups is 1. The fraction of sp³-hybridized carbons (Fsp3) is 0.667. The van der Waals surface area contributed by atoms with Gasteiger partial charge >= 0.3 is 0 Å². The zero-order chi connectivity index (χ0) is 20.0. The van der Waals surface area contributed by atoms with E-state index in [0.717, 1.165) is 47.7 Å². The van der Waals surface area contributed by atoms with Gasteiger partial charge in [0, 0.05) is 23.5 Å². The second-order valence-electron chi connectivity index (χ2n) is 10.2. The Morgan fingerprint density at radius 3 is 2.38 bits per heavy atom. The number of rotatable bonds is 5. The molecule has 5 heteroatoms. The highest BCUT2D eigenvalue weighted by molar-refractivity contribution is 8.00. The van der Waals surface area contributed by atoms with Gasteiger partial charge in [0.1, 0.15) is 0 Å². The van der Waals surface area contributed by atoms with Crippen molar-refractivity contribution >= 4 is 23.6 Å². The quantitative estimate of drug-likeness (QED) is 0.732. The third-order valence-electron chi connectivity index (χ3n) is 7.63. The first kappa shape index (κ1) is 19.5. The number of nitrogens with zero attached hydrogens (tertiary/aromatic N) is 1. The number of carbonyl (C=O) groups excluding carboxylic acids is 2. The Morgan fingerprint density at radius 1 is 1.10 bits per heavy atom. The summed E-state index contributed by atoms with van der Waals surface area (Å²) in [6.45, 7) is 3.87. The van der Waals surface area contributed by atoms with E-state index < -0.39 is 0 Å². The molecule has 5 aliphatic rings. The monoisotopic (exact) mass is 412 g/mol. The predicted molar refractivity (Wildman–Crippen MR) is 116 cm³/mol. The molecule has 1 aromatic carbocycles. The first-order valence-electron chi connectivity index (χ1n) is 11.3. The van der Waals surface area contributed by atoms with E-state index in [0.29, 0.717) is 11.7 Å². The van der Waals surface area contributed by atoms with Gasteiger partial charge in [-0.3, -0.25) is 9.59 Å². The second kappa shape index (κ2) is 7.64. The average molecular weight is 413 g/mol. The molecule has 5 fully saturated rings. The SMILES string of the molecule is CC1CCN(C(=O)c2ccccc2SCC(=O)NC23CC4CC(CC(C4)C2)C3)C1. The molecule has 1 atom stereocenters. The summed E-state index contributed by atoms with van der Waals surface area (Å²) in [5.74, 6) is 3.70.